The van der Waals surface area contributed by atoms with Gasteiger partial charge < -0.3 is 0 Å². The molecule has 0 rings (SSSR count). The van der Waals surface area contributed by atoms with Crippen LogP contribution < -0.4 is 0 Å². The van der Waals surface area contributed by atoms with Crippen molar-refractivity contribution in [2.24, 2.45) is 11.8 Å². The highest BCUT2D eigenvalue weighted by atomic mass is 14.2. The van der Waals surface area contributed by atoms with Gasteiger partial charge in [-0.25, -0.2) is 0 Å². The van der Waals surface area contributed by atoms with Crippen molar-refractivity contribution < 1.29 is 0 Å². The van der Waals surface area contributed by atoms with Gasteiger partial charge >= 0.3 is 0 Å². The highest BCUT2D eigenvalue weighted by molar-refractivity contribution is 5.32. The van der Waals surface area contributed by atoms with Gasteiger partial charge in [0.2, 0.25) is 0 Å². The lowest BCUT2D eigenvalue weighted by Crippen LogP contribution is -2.11. The summed E-state index contributed by atoms with van der Waals surface area (Å²) in [4.78, 5) is 0. The summed E-state index contributed by atoms with van der Waals surface area (Å²) in [7, 11) is 0. The van der Waals surface area contributed by atoms with E-state index in [4.69, 9.17) is 0 Å². The van der Waals surface area contributed by atoms with Crippen molar-refractivity contribution in [2.45, 2.75) is 27.7 Å². The fourth-order valence-corrected chi connectivity index (χ4v) is 1.94. The van der Waals surface area contributed by atoms with Gasteiger partial charge in [-0.1, -0.05) is 69.0 Å². The molecule has 0 spiro atoms. The maximum Gasteiger partial charge on any atom is 0.00656 e. The van der Waals surface area contributed by atoms with E-state index < -0.39 is 0 Å². The molecule has 0 heterocycles. The van der Waals surface area contributed by atoms with E-state index >= 15 is 0 Å². The molecule has 0 bridgehead atoms. The Balaban J connectivity index is 5.14. The van der Waals surface area contributed by atoms with Crippen LogP contribution in [0.2, 0.25) is 0 Å². The van der Waals surface area contributed by atoms with Gasteiger partial charge in [-0.2, -0.15) is 0 Å². The Hall–Kier alpha value is -1.30. The zero-order valence-corrected chi connectivity index (χ0v) is 11.0. The minimum atomic E-state index is 0.422. The highest BCUT2D eigenvalue weighted by Gasteiger charge is 2.16. The summed E-state index contributed by atoms with van der Waals surface area (Å²) in [5.41, 5.74) is 2.52. The number of hydrogen-bond donors (Lipinski definition) is 0. The molecule has 0 N–H and O–H groups in total. The van der Waals surface area contributed by atoms with E-state index in [1.165, 1.54) is 11.1 Å². The van der Waals surface area contributed by atoms with E-state index in [0.717, 1.165) is 0 Å². The fourth-order valence-electron chi connectivity index (χ4n) is 1.94. The van der Waals surface area contributed by atoms with E-state index in [1.807, 2.05) is 19.1 Å². The third-order valence-corrected chi connectivity index (χ3v) is 2.45. The molecule has 0 heteroatoms. The molecule has 0 fully saturated rings. The van der Waals surface area contributed by atoms with Gasteiger partial charge in [-0.05, 0) is 25.3 Å². The van der Waals surface area contributed by atoms with E-state index in [2.05, 4.69) is 52.2 Å². The van der Waals surface area contributed by atoms with Gasteiger partial charge in [-0.3, -0.25) is 0 Å². The van der Waals surface area contributed by atoms with Crippen LogP contribution in [0.3, 0.4) is 0 Å². The van der Waals surface area contributed by atoms with Gasteiger partial charge in [0.25, 0.3) is 0 Å². The topological polar surface area (TPSA) is 0 Å². The Morgan fingerprint density at radius 3 is 2.19 bits per heavy atom. The normalized spacial score (nSPS) is 14.9. The SMILES string of the molecule is C=CC=CC=C(C=CC)C(C(=C)C)C(C)C. The van der Waals surface area contributed by atoms with E-state index in [1.54, 1.807) is 6.08 Å². The van der Waals surface area contributed by atoms with Crippen LogP contribution in [0.15, 0.2) is 60.8 Å². The van der Waals surface area contributed by atoms with Crippen LogP contribution in [-0.4, -0.2) is 0 Å². The van der Waals surface area contributed by atoms with Crippen molar-refractivity contribution >= 4 is 0 Å². The van der Waals surface area contributed by atoms with E-state index in [0.29, 0.717) is 11.8 Å². The zero-order chi connectivity index (χ0) is 12.6. The standard InChI is InChI=1S/C16H24/c1-7-9-10-12-15(11-8-2)16(13(3)4)14(5)6/h7-12,14,16H,1,3H2,2,4-6H3. The van der Waals surface area contributed by atoms with E-state index in [-0.39, 0.29) is 0 Å². The molecule has 0 aromatic heterocycles. The molecule has 0 saturated heterocycles. The summed E-state index contributed by atoms with van der Waals surface area (Å²) in [6, 6.07) is 0. The molecule has 0 aromatic rings. The third kappa shape index (κ3) is 4.97. The summed E-state index contributed by atoms with van der Waals surface area (Å²) in [5.74, 6) is 0.989. The summed E-state index contributed by atoms with van der Waals surface area (Å²) in [5, 5.41) is 0. The monoisotopic (exact) mass is 216 g/mol. The molecule has 0 nitrogen and oxygen atoms in total. The second-order valence-corrected chi connectivity index (χ2v) is 4.36. The van der Waals surface area contributed by atoms with Crippen molar-refractivity contribution in [3.63, 3.8) is 0 Å². The predicted molar refractivity (Wildman–Crippen MR) is 75.4 cm³/mol. The lowest BCUT2D eigenvalue weighted by Gasteiger charge is -2.22. The predicted octanol–water partition coefficient (Wildman–Crippen LogP) is 5.08. The van der Waals surface area contributed by atoms with Crippen LogP contribution in [-0.2, 0) is 0 Å². The average molecular weight is 216 g/mol. The van der Waals surface area contributed by atoms with Gasteiger partial charge in [0.05, 0.1) is 0 Å². The first-order valence-corrected chi connectivity index (χ1v) is 5.82. The van der Waals surface area contributed by atoms with Crippen LogP contribution in [0.25, 0.3) is 0 Å². The lowest BCUT2D eigenvalue weighted by atomic mass is 9.83. The first kappa shape index (κ1) is 14.7. The number of rotatable bonds is 6. The number of hydrogen-bond acceptors (Lipinski definition) is 0. The molecule has 1 atom stereocenters. The molecule has 0 saturated carbocycles. The molecule has 1 unspecified atom stereocenters. The summed E-state index contributed by atoms with van der Waals surface area (Å²) >= 11 is 0. The minimum absolute atomic E-state index is 0.422. The first-order valence-electron chi connectivity index (χ1n) is 5.82. The van der Waals surface area contributed by atoms with Crippen LogP contribution in [0.1, 0.15) is 27.7 Å². The smallest absolute Gasteiger partial charge is 0.00656 e. The molecule has 0 aromatic carbocycles. The van der Waals surface area contributed by atoms with Crippen LogP contribution in [0.4, 0.5) is 0 Å². The van der Waals surface area contributed by atoms with E-state index in [9.17, 15) is 0 Å². The fraction of sp³-hybridized carbons (Fsp3) is 0.375. The number of allylic oxidation sites excluding steroid dienone is 8. The second-order valence-electron chi connectivity index (χ2n) is 4.36. The zero-order valence-electron chi connectivity index (χ0n) is 11.0. The molecule has 0 aliphatic heterocycles. The van der Waals surface area contributed by atoms with Crippen LogP contribution in [0.5, 0.6) is 0 Å². The minimum Gasteiger partial charge on any atom is -0.0995 e. The molecule has 16 heavy (non-hydrogen) atoms. The summed E-state index contributed by atoms with van der Waals surface area (Å²) in [6.07, 6.45) is 12.1. The van der Waals surface area contributed by atoms with Gasteiger partial charge in [-0.15, -0.1) is 0 Å². The summed E-state index contributed by atoms with van der Waals surface area (Å²) < 4.78 is 0. The molecule has 0 amide bonds. The van der Waals surface area contributed by atoms with Crippen LogP contribution in [0, 0.1) is 11.8 Å². The largest absolute Gasteiger partial charge is 0.0995 e. The maximum absolute atomic E-state index is 4.09. The highest BCUT2D eigenvalue weighted by Crippen LogP contribution is 2.28. The van der Waals surface area contributed by atoms with Gasteiger partial charge in [0.1, 0.15) is 0 Å². The molecule has 0 aliphatic carbocycles. The van der Waals surface area contributed by atoms with Crippen molar-refractivity contribution in [2.75, 3.05) is 0 Å². The lowest BCUT2D eigenvalue weighted by molar-refractivity contribution is 0.511. The Bertz CT molecular complexity index is 311. The quantitative estimate of drug-likeness (QED) is 0.429. The molecule has 0 aliphatic rings. The molecular formula is C16H24. The van der Waals surface area contributed by atoms with Gasteiger partial charge in [0, 0.05) is 5.92 Å². The maximum atomic E-state index is 4.09. The van der Waals surface area contributed by atoms with Crippen molar-refractivity contribution in [1.82, 2.24) is 0 Å². The molecule has 0 radical (unpaired) electrons. The Labute approximate surface area is 101 Å². The van der Waals surface area contributed by atoms with Gasteiger partial charge in [0.15, 0.2) is 0 Å². The van der Waals surface area contributed by atoms with Crippen molar-refractivity contribution in [1.29, 1.82) is 0 Å². The Morgan fingerprint density at radius 1 is 1.19 bits per heavy atom. The molecule has 88 valence electrons. The van der Waals surface area contributed by atoms with Crippen molar-refractivity contribution in [3.05, 3.63) is 60.8 Å². The third-order valence-electron chi connectivity index (χ3n) is 2.45. The Morgan fingerprint density at radius 2 is 1.81 bits per heavy atom. The Kier molecular flexibility index (Phi) is 7.28. The first-order chi connectivity index (χ1) is 7.54. The second kappa shape index (κ2) is 7.92. The summed E-state index contributed by atoms with van der Waals surface area (Å²) in [6.45, 7) is 16.4. The molecular weight excluding hydrogens is 192 g/mol. The van der Waals surface area contributed by atoms with Crippen molar-refractivity contribution in [3.8, 4) is 0 Å². The average Bonchev–Trinajstić information content (AvgIpc) is 2.17. The van der Waals surface area contributed by atoms with Crippen LogP contribution >= 0.6 is 0 Å².